The normalized spacial score (nSPS) is 14.7. The van der Waals surface area contributed by atoms with Crippen molar-refractivity contribution in [2.75, 3.05) is 39.6 Å². The summed E-state index contributed by atoms with van der Waals surface area (Å²) >= 11 is 0. The number of esters is 4. The molecule has 19 heteroatoms. The molecular formula is C75H146O17P2. The SMILES string of the molecule is CCC(C)CCCCCCCCCCCCCCCCC(=O)O[C@H](COC(=O)CCCCCCCCCCCCC(C)C)COP(=O)(O)OCC(O)COP(=O)(O)OC[C@@H](COC(=O)CCCCCCCCCCC(C)C)OC(=O)CCCCCCCCCCC(C)CC. The first-order valence-electron chi connectivity index (χ1n) is 38.8. The highest BCUT2D eigenvalue weighted by Gasteiger charge is 2.30. The van der Waals surface area contributed by atoms with Crippen molar-refractivity contribution in [3.05, 3.63) is 0 Å². The standard InChI is InChI=1S/C75H146O17P2/c1-9-67(7)53-45-37-29-20-15-13-11-12-14-16-22-33-41-49-57-74(79)91-70(61-85-72(77)55-47-39-31-21-18-17-19-27-35-43-51-65(3)4)63-89-93(81,82)87-59-69(76)60-88-94(83,84)90-64-71(62-86-73(78)56-48-40-32-25-23-28-36-44-52-66(5)6)92-75(80)58-50-42-34-26-24-30-38-46-54-68(8)10-2/h65-71,76H,9-64H2,1-8H3,(H,81,82)(H,83,84)/t67?,68?,69?,70-,71-/m1/s1. The summed E-state index contributed by atoms with van der Waals surface area (Å²) in [5, 5.41) is 10.6. The molecule has 0 aromatic rings. The monoisotopic (exact) mass is 1380 g/mol. The van der Waals surface area contributed by atoms with Gasteiger partial charge in [0.25, 0.3) is 0 Å². The maximum absolute atomic E-state index is 13.1. The second kappa shape index (κ2) is 64.4. The summed E-state index contributed by atoms with van der Waals surface area (Å²) in [4.78, 5) is 72.8. The molecule has 0 spiro atoms. The molecule has 5 unspecified atom stereocenters. The third-order valence-corrected chi connectivity index (χ3v) is 19.9. The van der Waals surface area contributed by atoms with Crippen molar-refractivity contribution in [1.29, 1.82) is 0 Å². The van der Waals surface area contributed by atoms with E-state index in [1.54, 1.807) is 0 Å². The number of carbonyl (C=O) groups excluding carboxylic acids is 4. The first-order valence-corrected chi connectivity index (χ1v) is 41.8. The molecule has 0 rings (SSSR count). The number of hydrogen-bond acceptors (Lipinski definition) is 15. The number of carbonyl (C=O) groups is 4. The predicted octanol–water partition coefficient (Wildman–Crippen LogP) is 21.7. The molecule has 0 bridgehead atoms. The van der Waals surface area contributed by atoms with Gasteiger partial charge in [-0.25, -0.2) is 9.13 Å². The van der Waals surface area contributed by atoms with Gasteiger partial charge in [0.05, 0.1) is 26.4 Å². The fraction of sp³-hybridized carbons (Fsp3) is 0.947. The minimum Gasteiger partial charge on any atom is -0.462 e. The van der Waals surface area contributed by atoms with Crippen molar-refractivity contribution in [2.45, 2.75) is 395 Å². The van der Waals surface area contributed by atoms with Crippen LogP contribution in [0, 0.1) is 23.7 Å². The number of rotatable bonds is 72. The summed E-state index contributed by atoms with van der Waals surface area (Å²) in [6.07, 6.45) is 48.5. The van der Waals surface area contributed by atoms with Crippen LogP contribution >= 0.6 is 15.6 Å². The fourth-order valence-electron chi connectivity index (χ4n) is 11.3. The molecule has 0 fully saturated rings. The number of phosphoric ester groups is 2. The second-order valence-corrected chi connectivity index (χ2v) is 31.4. The minimum absolute atomic E-state index is 0.104. The third-order valence-electron chi connectivity index (χ3n) is 18.0. The molecule has 0 aliphatic carbocycles. The van der Waals surface area contributed by atoms with Crippen LogP contribution in [0.3, 0.4) is 0 Å². The third kappa shape index (κ3) is 66.0. The highest BCUT2D eigenvalue weighted by Crippen LogP contribution is 2.45. The Labute approximate surface area is 575 Å². The maximum Gasteiger partial charge on any atom is 0.472 e. The van der Waals surface area contributed by atoms with E-state index in [1.807, 2.05) is 0 Å². The number of aliphatic hydroxyl groups is 1. The van der Waals surface area contributed by atoms with Gasteiger partial charge < -0.3 is 33.8 Å². The van der Waals surface area contributed by atoms with E-state index >= 15 is 0 Å². The van der Waals surface area contributed by atoms with Crippen LogP contribution in [0.25, 0.3) is 0 Å². The van der Waals surface area contributed by atoms with Gasteiger partial charge in [-0.3, -0.25) is 37.3 Å². The summed E-state index contributed by atoms with van der Waals surface area (Å²) in [7, 11) is -9.91. The Morgan fingerprint density at radius 1 is 0.298 bits per heavy atom. The van der Waals surface area contributed by atoms with E-state index in [9.17, 15) is 43.2 Å². The molecule has 0 aliphatic rings. The van der Waals surface area contributed by atoms with Crippen molar-refractivity contribution < 1.29 is 80.2 Å². The van der Waals surface area contributed by atoms with Crippen LogP contribution in [0.2, 0.25) is 0 Å². The fourth-order valence-corrected chi connectivity index (χ4v) is 12.9. The lowest BCUT2D eigenvalue weighted by atomic mass is 9.99. The number of ether oxygens (including phenoxy) is 4. The maximum atomic E-state index is 13.1. The predicted molar refractivity (Wildman–Crippen MR) is 381 cm³/mol. The van der Waals surface area contributed by atoms with Gasteiger partial charge in [-0.2, -0.15) is 0 Å². The van der Waals surface area contributed by atoms with E-state index in [-0.39, 0.29) is 25.7 Å². The van der Waals surface area contributed by atoms with Crippen molar-refractivity contribution in [3.63, 3.8) is 0 Å². The molecule has 0 heterocycles. The summed E-state index contributed by atoms with van der Waals surface area (Å²) in [5.74, 6) is 0.977. The molecule has 558 valence electrons. The summed E-state index contributed by atoms with van der Waals surface area (Å²) in [6, 6.07) is 0. The van der Waals surface area contributed by atoms with Crippen molar-refractivity contribution >= 4 is 39.5 Å². The van der Waals surface area contributed by atoms with Crippen LogP contribution in [0.1, 0.15) is 376 Å². The Kier molecular flexibility index (Phi) is 63.1. The van der Waals surface area contributed by atoms with Crippen molar-refractivity contribution in [2.24, 2.45) is 23.7 Å². The van der Waals surface area contributed by atoms with E-state index in [2.05, 4.69) is 55.4 Å². The van der Waals surface area contributed by atoms with Gasteiger partial charge in [0.15, 0.2) is 12.2 Å². The Morgan fingerprint density at radius 3 is 0.755 bits per heavy atom. The van der Waals surface area contributed by atoms with Crippen molar-refractivity contribution in [3.8, 4) is 0 Å². The van der Waals surface area contributed by atoms with E-state index in [0.717, 1.165) is 114 Å². The lowest BCUT2D eigenvalue weighted by Crippen LogP contribution is -2.30. The molecule has 0 aromatic carbocycles. The number of aliphatic hydroxyl groups excluding tert-OH is 1. The smallest absolute Gasteiger partial charge is 0.462 e. The molecule has 0 amide bonds. The number of phosphoric acid groups is 2. The molecule has 0 aromatic heterocycles. The molecule has 7 atom stereocenters. The van der Waals surface area contributed by atoms with Crippen LogP contribution in [0.4, 0.5) is 0 Å². The van der Waals surface area contributed by atoms with Gasteiger partial charge in [0.2, 0.25) is 0 Å². The van der Waals surface area contributed by atoms with Gasteiger partial charge in [-0.15, -0.1) is 0 Å². The summed E-state index contributed by atoms with van der Waals surface area (Å²) < 4.78 is 68.5. The molecule has 17 nitrogen and oxygen atoms in total. The zero-order valence-electron chi connectivity index (χ0n) is 61.6. The highest BCUT2D eigenvalue weighted by molar-refractivity contribution is 7.47. The second-order valence-electron chi connectivity index (χ2n) is 28.5. The van der Waals surface area contributed by atoms with E-state index < -0.39 is 97.5 Å². The summed E-state index contributed by atoms with van der Waals surface area (Å²) in [6.45, 7) is 14.2. The van der Waals surface area contributed by atoms with E-state index in [0.29, 0.717) is 25.7 Å². The Hall–Kier alpha value is -1.94. The van der Waals surface area contributed by atoms with E-state index in [1.165, 1.54) is 180 Å². The lowest BCUT2D eigenvalue weighted by Gasteiger charge is -2.21. The number of unbranched alkanes of at least 4 members (excludes halogenated alkanes) is 36. The highest BCUT2D eigenvalue weighted by atomic mass is 31.2. The Balaban J connectivity index is 5.26. The zero-order valence-corrected chi connectivity index (χ0v) is 63.4. The van der Waals surface area contributed by atoms with Gasteiger partial charge in [0, 0.05) is 25.7 Å². The molecule has 3 N–H and O–H groups in total. The molecule has 0 saturated carbocycles. The lowest BCUT2D eigenvalue weighted by molar-refractivity contribution is -0.161. The van der Waals surface area contributed by atoms with Gasteiger partial charge >= 0.3 is 39.5 Å². The zero-order chi connectivity index (χ0) is 69.6. The van der Waals surface area contributed by atoms with Gasteiger partial charge in [-0.1, -0.05) is 325 Å². The minimum atomic E-state index is -4.96. The average molecular weight is 1380 g/mol. The molecule has 0 saturated heterocycles. The largest absolute Gasteiger partial charge is 0.472 e. The first kappa shape index (κ1) is 92.1. The molecular weight excluding hydrogens is 1230 g/mol. The van der Waals surface area contributed by atoms with E-state index in [4.69, 9.17) is 37.0 Å². The van der Waals surface area contributed by atoms with Crippen molar-refractivity contribution in [1.82, 2.24) is 0 Å². The Bertz CT molecular complexity index is 1850. The van der Waals surface area contributed by atoms with Crippen LogP contribution in [0.5, 0.6) is 0 Å². The molecule has 94 heavy (non-hydrogen) atoms. The van der Waals surface area contributed by atoms with Gasteiger partial charge in [0.1, 0.15) is 19.3 Å². The van der Waals surface area contributed by atoms with Crippen LogP contribution in [0.15, 0.2) is 0 Å². The average Bonchev–Trinajstić information content (AvgIpc) is 1.57. The quantitative estimate of drug-likeness (QED) is 0.0222. The van der Waals surface area contributed by atoms with Crippen LogP contribution in [-0.4, -0.2) is 96.7 Å². The summed E-state index contributed by atoms with van der Waals surface area (Å²) in [5.41, 5.74) is 0. The molecule has 0 radical (unpaired) electrons. The topological polar surface area (TPSA) is 237 Å². The van der Waals surface area contributed by atoms with Crippen LogP contribution < -0.4 is 0 Å². The number of hydrogen-bond donors (Lipinski definition) is 3. The first-order chi connectivity index (χ1) is 45.2. The Morgan fingerprint density at radius 2 is 0.511 bits per heavy atom. The van der Waals surface area contributed by atoms with Gasteiger partial charge in [-0.05, 0) is 49.4 Å². The van der Waals surface area contributed by atoms with Crippen LogP contribution in [-0.2, 0) is 65.4 Å². The molecule has 0 aliphatic heterocycles.